The van der Waals surface area contributed by atoms with Crippen molar-refractivity contribution in [3.8, 4) is 0 Å². The molecule has 0 aromatic carbocycles. The van der Waals surface area contributed by atoms with Crippen LogP contribution in [0.25, 0.3) is 0 Å². The molecule has 0 fully saturated rings. The van der Waals surface area contributed by atoms with E-state index in [0.29, 0.717) is 19.4 Å². The summed E-state index contributed by atoms with van der Waals surface area (Å²) in [5.74, 6) is -0.0378. The van der Waals surface area contributed by atoms with Crippen molar-refractivity contribution >= 4 is 11.9 Å². The highest BCUT2D eigenvalue weighted by atomic mass is 16.5. The molecular weight excluding hydrogens is 1030 g/mol. The van der Waals surface area contributed by atoms with E-state index in [9.17, 15) is 19.8 Å². The van der Waals surface area contributed by atoms with Crippen molar-refractivity contribution in [2.45, 2.75) is 450 Å². The van der Waals surface area contributed by atoms with Crippen LogP contribution in [0.5, 0.6) is 0 Å². The zero-order chi connectivity index (χ0) is 60.6. The summed E-state index contributed by atoms with van der Waals surface area (Å²) >= 11 is 0. The molecule has 0 radical (unpaired) electrons. The Labute approximate surface area is 526 Å². The van der Waals surface area contributed by atoms with Crippen molar-refractivity contribution in [1.29, 1.82) is 0 Å². The molecule has 0 aliphatic carbocycles. The predicted molar refractivity (Wildman–Crippen MR) is 370 cm³/mol. The fourth-order valence-corrected chi connectivity index (χ4v) is 12.3. The first-order valence-electron chi connectivity index (χ1n) is 38.6. The van der Waals surface area contributed by atoms with Crippen molar-refractivity contribution < 1.29 is 24.5 Å². The Balaban J connectivity index is 3.35. The topological polar surface area (TPSA) is 95.9 Å². The van der Waals surface area contributed by atoms with Gasteiger partial charge in [-0.05, 0) is 57.8 Å². The standard InChI is InChI=1S/C78H151NO5/c1-3-5-7-9-11-13-15-17-18-19-37-40-43-47-50-54-58-62-66-70-76(81)75(74-80)79-77(82)71-67-63-59-55-51-48-44-41-38-35-33-31-29-27-25-23-21-20-22-24-26-28-30-32-34-36-39-42-45-49-53-57-61-65-69-73-84-78(83)72-68-64-60-56-52-46-16-14-12-10-8-6-4-2/h22,24,66,70,75-76,80-81H,3-21,23,25-65,67-69,71-74H2,1-2H3,(H,79,82)/b24-22-,70-66+. The van der Waals surface area contributed by atoms with Gasteiger partial charge in [-0.2, -0.15) is 0 Å². The van der Waals surface area contributed by atoms with Gasteiger partial charge in [0, 0.05) is 12.8 Å². The van der Waals surface area contributed by atoms with Gasteiger partial charge in [0.25, 0.3) is 0 Å². The number of amides is 1. The molecule has 6 nitrogen and oxygen atoms in total. The normalized spacial score (nSPS) is 12.6. The molecule has 2 atom stereocenters. The van der Waals surface area contributed by atoms with E-state index in [2.05, 4.69) is 31.3 Å². The van der Waals surface area contributed by atoms with Gasteiger partial charge in [-0.25, -0.2) is 0 Å². The molecule has 3 N–H and O–H groups in total. The number of unbranched alkanes of at least 4 members (excludes halogenated alkanes) is 60. The van der Waals surface area contributed by atoms with E-state index >= 15 is 0 Å². The summed E-state index contributed by atoms with van der Waals surface area (Å²) in [6, 6.07) is -0.625. The Kier molecular flexibility index (Phi) is 72.3. The first-order chi connectivity index (χ1) is 41.5. The Morgan fingerprint density at radius 3 is 0.845 bits per heavy atom. The van der Waals surface area contributed by atoms with E-state index in [-0.39, 0.29) is 18.5 Å². The summed E-state index contributed by atoms with van der Waals surface area (Å²) < 4.78 is 5.49. The van der Waals surface area contributed by atoms with Crippen molar-refractivity contribution in [3.05, 3.63) is 24.3 Å². The number of esters is 1. The second-order valence-corrected chi connectivity index (χ2v) is 26.7. The van der Waals surface area contributed by atoms with E-state index in [4.69, 9.17) is 4.74 Å². The van der Waals surface area contributed by atoms with Crippen molar-refractivity contribution in [3.63, 3.8) is 0 Å². The highest BCUT2D eigenvalue weighted by molar-refractivity contribution is 5.76. The maximum absolute atomic E-state index is 12.5. The maximum atomic E-state index is 12.5. The van der Waals surface area contributed by atoms with Crippen LogP contribution in [0.1, 0.15) is 438 Å². The molecule has 0 rings (SSSR count). The average Bonchev–Trinajstić information content (AvgIpc) is 3.53. The number of hydrogen-bond donors (Lipinski definition) is 3. The molecule has 498 valence electrons. The average molecular weight is 1180 g/mol. The molecule has 0 aliphatic heterocycles. The monoisotopic (exact) mass is 1180 g/mol. The number of nitrogens with one attached hydrogen (secondary N) is 1. The molecule has 84 heavy (non-hydrogen) atoms. The summed E-state index contributed by atoms with van der Waals surface area (Å²) in [5, 5.41) is 23.3. The number of hydrogen-bond acceptors (Lipinski definition) is 5. The first kappa shape index (κ1) is 82.3. The third-order valence-corrected chi connectivity index (χ3v) is 18.2. The van der Waals surface area contributed by atoms with E-state index in [1.54, 1.807) is 6.08 Å². The lowest BCUT2D eigenvalue weighted by Crippen LogP contribution is -2.45. The minimum absolute atomic E-state index is 0.0223. The van der Waals surface area contributed by atoms with Crippen LogP contribution in [-0.2, 0) is 14.3 Å². The van der Waals surface area contributed by atoms with Gasteiger partial charge >= 0.3 is 5.97 Å². The number of aliphatic hydroxyl groups excluding tert-OH is 2. The van der Waals surface area contributed by atoms with E-state index in [1.807, 2.05) is 6.08 Å². The Hall–Kier alpha value is -1.66. The highest BCUT2D eigenvalue weighted by Crippen LogP contribution is 2.19. The quantitative estimate of drug-likeness (QED) is 0.0320. The van der Waals surface area contributed by atoms with Crippen LogP contribution in [0, 0.1) is 0 Å². The number of aliphatic hydroxyl groups is 2. The van der Waals surface area contributed by atoms with Crippen molar-refractivity contribution in [1.82, 2.24) is 5.32 Å². The number of rotatable bonds is 73. The summed E-state index contributed by atoms with van der Waals surface area (Å²) in [6.07, 6.45) is 94.4. The second kappa shape index (κ2) is 73.8. The minimum Gasteiger partial charge on any atom is -0.466 e. The first-order valence-corrected chi connectivity index (χ1v) is 38.6. The van der Waals surface area contributed by atoms with E-state index < -0.39 is 12.1 Å². The number of carbonyl (C=O) groups excluding carboxylic acids is 2. The summed E-state index contributed by atoms with van der Waals surface area (Å²) in [4.78, 5) is 24.6. The van der Waals surface area contributed by atoms with Gasteiger partial charge in [0.1, 0.15) is 0 Å². The fourth-order valence-electron chi connectivity index (χ4n) is 12.3. The Bertz CT molecular complexity index is 1320. The Morgan fingerprint density at radius 2 is 0.560 bits per heavy atom. The van der Waals surface area contributed by atoms with Crippen LogP contribution in [0.3, 0.4) is 0 Å². The maximum Gasteiger partial charge on any atom is 0.305 e. The smallest absolute Gasteiger partial charge is 0.305 e. The van der Waals surface area contributed by atoms with Gasteiger partial charge in [-0.3, -0.25) is 9.59 Å². The second-order valence-electron chi connectivity index (χ2n) is 26.7. The van der Waals surface area contributed by atoms with Gasteiger partial charge in [0.05, 0.1) is 25.4 Å². The molecule has 0 saturated heterocycles. The number of allylic oxidation sites excluding steroid dienone is 3. The molecule has 2 unspecified atom stereocenters. The number of ether oxygens (including phenoxy) is 1. The molecule has 0 bridgehead atoms. The summed E-state index contributed by atoms with van der Waals surface area (Å²) in [5.41, 5.74) is 0. The van der Waals surface area contributed by atoms with Crippen LogP contribution in [0.15, 0.2) is 24.3 Å². The third kappa shape index (κ3) is 69.4. The summed E-state index contributed by atoms with van der Waals surface area (Å²) in [7, 11) is 0. The molecule has 0 spiro atoms. The van der Waals surface area contributed by atoms with Gasteiger partial charge in [-0.1, -0.05) is 391 Å². The van der Waals surface area contributed by atoms with Gasteiger partial charge in [0.15, 0.2) is 0 Å². The zero-order valence-electron chi connectivity index (χ0n) is 57.2. The van der Waals surface area contributed by atoms with Crippen LogP contribution in [0.2, 0.25) is 0 Å². The molecule has 0 aliphatic rings. The molecule has 0 aromatic heterocycles. The van der Waals surface area contributed by atoms with Crippen molar-refractivity contribution in [2.24, 2.45) is 0 Å². The lowest BCUT2D eigenvalue weighted by Gasteiger charge is -2.20. The van der Waals surface area contributed by atoms with Crippen LogP contribution >= 0.6 is 0 Å². The largest absolute Gasteiger partial charge is 0.466 e. The molecule has 0 heterocycles. The highest BCUT2D eigenvalue weighted by Gasteiger charge is 2.18. The van der Waals surface area contributed by atoms with Crippen LogP contribution < -0.4 is 5.32 Å². The van der Waals surface area contributed by atoms with E-state index in [0.717, 1.165) is 38.5 Å². The van der Waals surface area contributed by atoms with Crippen LogP contribution in [-0.4, -0.2) is 47.4 Å². The van der Waals surface area contributed by atoms with Crippen molar-refractivity contribution in [2.75, 3.05) is 13.2 Å². The third-order valence-electron chi connectivity index (χ3n) is 18.2. The molecular formula is C78H151NO5. The lowest BCUT2D eigenvalue weighted by molar-refractivity contribution is -0.143. The SMILES string of the molecule is CCCCCCCCCCCCCCCCCCC/C=C/C(O)C(CO)NC(=O)CCCCCCCCCCCCCCCCCCC/C=C\CCCCCCCCCCCCCCCCOC(=O)CCCCCCCCCCCCCCC. The molecule has 6 heteroatoms. The molecule has 0 aromatic rings. The minimum atomic E-state index is -0.842. The number of carbonyl (C=O) groups is 2. The lowest BCUT2D eigenvalue weighted by atomic mass is 10.0. The zero-order valence-corrected chi connectivity index (χ0v) is 57.2. The fraction of sp³-hybridized carbons (Fsp3) is 0.923. The van der Waals surface area contributed by atoms with Gasteiger partial charge in [-0.15, -0.1) is 0 Å². The molecule has 0 saturated carbocycles. The van der Waals surface area contributed by atoms with Crippen LogP contribution in [0.4, 0.5) is 0 Å². The predicted octanol–water partition coefficient (Wildman–Crippen LogP) is 25.3. The summed E-state index contributed by atoms with van der Waals surface area (Å²) in [6.45, 7) is 4.95. The Morgan fingerprint density at radius 1 is 0.321 bits per heavy atom. The molecule has 1 amide bonds. The van der Waals surface area contributed by atoms with Gasteiger partial charge < -0.3 is 20.3 Å². The van der Waals surface area contributed by atoms with Gasteiger partial charge in [0.2, 0.25) is 5.91 Å². The van der Waals surface area contributed by atoms with E-state index in [1.165, 1.54) is 372 Å².